The first-order valence-corrected chi connectivity index (χ1v) is 7.93. The van der Waals surface area contributed by atoms with E-state index in [9.17, 15) is 4.79 Å². The molecule has 1 aliphatic heterocycles. The van der Waals surface area contributed by atoms with Crippen LogP contribution >= 0.6 is 0 Å². The van der Waals surface area contributed by atoms with Crippen LogP contribution in [0.15, 0.2) is 24.5 Å². The molecule has 1 saturated heterocycles. The first-order chi connectivity index (χ1) is 11.0. The Morgan fingerprint density at radius 1 is 1.39 bits per heavy atom. The Balaban J connectivity index is 1.75. The molecule has 0 aliphatic carbocycles. The lowest BCUT2D eigenvalue weighted by molar-refractivity contribution is 0.0924. The molecule has 1 amide bonds. The van der Waals surface area contributed by atoms with Gasteiger partial charge in [-0.05, 0) is 58.2 Å². The Bertz CT molecular complexity index is 691. The highest BCUT2D eigenvalue weighted by atomic mass is 16.1. The maximum absolute atomic E-state index is 12.5. The van der Waals surface area contributed by atoms with Crippen molar-refractivity contribution >= 4 is 24.9 Å². The Labute approximate surface area is 137 Å². The number of imidazole rings is 1. The van der Waals surface area contributed by atoms with Crippen LogP contribution in [0.2, 0.25) is 0 Å². The van der Waals surface area contributed by atoms with Crippen molar-refractivity contribution in [1.82, 2.24) is 24.6 Å². The Morgan fingerprint density at radius 2 is 2.13 bits per heavy atom. The number of aromatic nitrogens is 2. The van der Waals surface area contributed by atoms with E-state index in [0.29, 0.717) is 5.56 Å². The van der Waals surface area contributed by atoms with Crippen molar-refractivity contribution in [2.75, 3.05) is 27.2 Å². The number of hydrogen-bond acceptors (Lipinski definition) is 4. The van der Waals surface area contributed by atoms with Crippen LogP contribution in [0, 0.1) is 0 Å². The summed E-state index contributed by atoms with van der Waals surface area (Å²) in [5, 5.41) is 3.11. The zero-order valence-corrected chi connectivity index (χ0v) is 13.7. The average molecular weight is 311 g/mol. The third-order valence-electron chi connectivity index (χ3n) is 4.18. The van der Waals surface area contributed by atoms with Gasteiger partial charge in [0.25, 0.3) is 5.91 Å². The van der Waals surface area contributed by atoms with Gasteiger partial charge in [0.2, 0.25) is 0 Å². The third kappa shape index (κ3) is 3.73. The molecule has 0 spiro atoms. The summed E-state index contributed by atoms with van der Waals surface area (Å²) in [6.45, 7) is 2.37. The maximum Gasteiger partial charge on any atom is 0.251 e. The van der Waals surface area contributed by atoms with Gasteiger partial charge in [0.15, 0.2) is 7.98 Å². The van der Waals surface area contributed by atoms with E-state index in [2.05, 4.69) is 15.2 Å². The van der Waals surface area contributed by atoms with Gasteiger partial charge >= 0.3 is 0 Å². The lowest BCUT2D eigenvalue weighted by atomic mass is 10.0. The summed E-state index contributed by atoms with van der Waals surface area (Å²) < 4.78 is 2.04. The van der Waals surface area contributed by atoms with E-state index < -0.39 is 0 Å². The van der Waals surface area contributed by atoms with Gasteiger partial charge in [-0.15, -0.1) is 0 Å². The van der Waals surface area contributed by atoms with Crippen LogP contribution in [0.3, 0.4) is 0 Å². The molecule has 120 valence electrons. The van der Waals surface area contributed by atoms with Crippen molar-refractivity contribution in [2.45, 2.75) is 25.6 Å². The van der Waals surface area contributed by atoms with Crippen LogP contribution in [-0.2, 0) is 6.67 Å². The van der Waals surface area contributed by atoms with Crippen molar-refractivity contribution < 1.29 is 4.79 Å². The summed E-state index contributed by atoms with van der Waals surface area (Å²) in [7, 11) is 9.76. The molecule has 2 radical (unpaired) electrons. The summed E-state index contributed by atoms with van der Waals surface area (Å²) in [6, 6.07) is 5.85. The van der Waals surface area contributed by atoms with Crippen LogP contribution < -0.4 is 5.32 Å². The summed E-state index contributed by atoms with van der Waals surface area (Å²) in [4.78, 5) is 20.7. The normalized spacial score (nSPS) is 17.0. The smallest absolute Gasteiger partial charge is 0.251 e. The molecule has 1 aromatic heterocycles. The second-order valence-corrected chi connectivity index (χ2v) is 6.42. The minimum absolute atomic E-state index is 0.0278. The van der Waals surface area contributed by atoms with E-state index in [1.54, 1.807) is 4.81 Å². The highest BCUT2D eigenvalue weighted by Gasteiger charge is 2.19. The molecular weight excluding hydrogens is 289 g/mol. The molecule has 0 unspecified atom stereocenters. The van der Waals surface area contributed by atoms with Gasteiger partial charge in [-0.3, -0.25) is 9.69 Å². The Morgan fingerprint density at radius 3 is 2.83 bits per heavy atom. The molecule has 1 fully saturated rings. The van der Waals surface area contributed by atoms with Gasteiger partial charge in [-0.1, -0.05) is 0 Å². The zero-order valence-electron chi connectivity index (χ0n) is 13.7. The number of nitrogens with zero attached hydrogens (tertiary/aromatic N) is 4. The van der Waals surface area contributed by atoms with Gasteiger partial charge in [0.1, 0.15) is 0 Å². The number of carbonyl (C=O) groups excluding carboxylic acids is 1. The largest absolute Gasteiger partial charge is 0.353 e. The molecule has 6 nitrogen and oxygen atoms in total. The average Bonchev–Trinajstić information content (AvgIpc) is 2.91. The highest BCUT2D eigenvalue weighted by Crippen LogP contribution is 2.16. The second kappa shape index (κ2) is 6.72. The van der Waals surface area contributed by atoms with Crippen molar-refractivity contribution in [3.8, 4) is 0 Å². The fraction of sp³-hybridized carbons (Fsp3) is 0.500. The quantitative estimate of drug-likeness (QED) is 0.850. The molecule has 1 N–H and O–H groups in total. The number of amides is 1. The standard InChI is InChI=1S/C16H22BN5O/c1-20(2)11-21-10-18-14-4-3-12(9-15(14)21)16(23)19-13-5-7-22(17)8-6-13/h3-4,9-10,13H,5-8,11H2,1-2H3,(H,19,23). The number of nitrogens with one attached hydrogen (secondary N) is 1. The molecule has 2 heterocycles. The van der Waals surface area contributed by atoms with Crippen molar-refractivity contribution in [3.63, 3.8) is 0 Å². The zero-order chi connectivity index (χ0) is 16.4. The molecular formula is C16H22BN5O. The fourth-order valence-electron chi connectivity index (χ4n) is 2.93. The molecule has 1 aliphatic rings. The second-order valence-electron chi connectivity index (χ2n) is 6.42. The predicted molar refractivity (Wildman–Crippen MR) is 91.2 cm³/mol. The Kier molecular flexibility index (Phi) is 4.68. The molecule has 0 atom stereocenters. The summed E-state index contributed by atoms with van der Waals surface area (Å²) in [5.41, 5.74) is 2.55. The maximum atomic E-state index is 12.5. The Hall–Kier alpha value is -1.86. The molecule has 3 rings (SSSR count). The number of fused-ring (bicyclic) bond motifs is 1. The van der Waals surface area contributed by atoms with E-state index >= 15 is 0 Å². The van der Waals surface area contributed by atoms with Crippen LogP contribution in [0.5, 0.6) is 0 Å². The summed E-state index contributed by atoms with van der Waals surface area (Å²) in [5.74, 6) is -0.0278. The molecule has 2 aromatic rings. The van der Waals surface area contributed by atoms with E-state index in [4.69, 9.17) is 7.98 Å². The topological polar surface area (TPSA) is 53.4 Å². The lowest BCUT2D eigenvalue weighted by Crippen LogP contribution is -2.43. The summed E-state index contributed by atoms with van der Waals surface area (Å²) >= 11 is 0. The van der Waals surface area contributed by atoms with E-state index in [0.717, 1.165) is 43.6 Å². The van der Waals surface area contributed by atoms with Gasteiger partial charge in [0, 0.05) is 11.6 Å². The number of piperidine rings is 1. The number of hydrogen-bond donors (Lipinski definition) is 1. The molecule has 0 saturated carbocycles. The van der Waals surface area contributed by atoms with Crippen molar-refractivity contribution in [2.24, 2.45) is 0 Å². The SMILES string of the molecule is [B]N1CCC(NC(=O)c2ccc3ncn(CN(C)C)c3c2)CC1. The monoisotopic (exact) mass is 311 g/mol. The third-order valence-corrected chi connectivity index (χ3v) is 4.18. The molecule has 23 heavy (non-hydrogen) atoms. The minimum Gasteiger partial charge on any atom is -0.353 e. The van der Waals surface area contributed by atoms with Gasteiger partial charge in [-0.25, -0.2) is 4.98 Å². The van der Waals surface area contributed by atoms with Crippen molar-refractivity contribution in [1.29, 1.82) is 0 Å². The van der Waals surface area contributed by atoms with Crippen LogP contribution in [0.4, 0.5) is 0 Å². The first-order valence-electron chi connectivity index (χ1n) is 7.93. The van der Waals surface area contributed by atoms with E-state index in [1.807, 2.05) is 43.2 Å². The summed E-state index contributed by atoms with van der Waals surface area (Å²) in [6.07, 6.45) is 3.59. The van der Waals surface area contributed by atoms with Crippen LogP contribution in [0.1, 0.15) is 23.2 Å². The van der Waals surface area contributed by atoms with Gasteiger partial charge < -0.3 is 14.7 Å². The molecule has 1 aromatic carbocycles. The number of rotatable bonds is 4. The minimum atomic E-state index is -0.0278. The number of carbonyl (C=O) groups is 1. The lowest BCUT2D eigenvalue weighted by Gasteiger charge is -2.30. The van der Waals surface area contributed by atoms with E-state index in [1.165, 1.54) is 0 Å². The van der Waals surface area contributed by atoms with Gasteiger partial charge in [0.05, 0.1) is 24.0 Å². The van der Waals surface area contributed by atoms with Crippen LogP contribution in [-0.4, -0.2) is 66.4 Å². The molecule has 7 heteroatoms. The van der Waals surface area contributed by atoms with Gasteiger partial charge in [-0.2, -0.15) is 0 Å². The fourth-order valence-corrected chi connectivity index (χ4v) is 2.93. The van der Waals surface area contributed by atoms with E-state index in [-0.39, 0.29) is 11.9 Å². The number of benzene rings is 1. The van der Waals surface area contributed by atoms with Crippen molar-refractivity contribution in [3.05, 3.63) is 30.1 Å². The first kappa shape index (κ1) is 16.0. The predicted octanol–water partition coefficient (Wildman–Crippen LogP) is 0.833. The highest BCUT2D eigenvalue weighted by molar-refractivity contribution is 6.04. The van der Waals surface area contributed by atoms with Crippen LogP contribution in [0.25, 0.3) is 11.0 Å². The molecule has 0 bridgehead atoms.